The van der Waals surface area contributed by atoms with Crippen LogP contribution in [0.5, 0.6) is 0 Å². The van der Waals surface area contributed by atoms with Crippen LogP contribution in [-0.4, -0.2) is 33.6 Å². The zero-order valence-corrected chi connectivity index (χ0v) is 19.1. The molecule has 4 atom stereocenters. The molecule has 0 radical (unpaired) electrons. The summed E-state index contributed by atoms with van der Waals surface area (Å²) in [5, 5.41) is 15.3. The van der Waals surface area contributed by atoms with Crippen LogP contribution in [-0.2, 0) is 14.4 Å². The summed E-state index contributed by atoms with van der Waals surface area (Å²) in [4.78, 5) is 41.4. The standard InChI is InChI=1S/C24H21N3O4S2/c28-19(25-15-4-2-1-3-5-15)12-32-24-27-17-9-8-16(11-18(17)33-24)26-22(29)20-13-6-7-14(10-13)21(20)23(30)31/h1-9,11,13-14,20-21H,10,12H2,(H,25,28)(H,26,29)(H,30,31)/t13-,14-,20+,21+/m0/s1. The van der Waals surface area contributed by atoms with Crippen LogP contribution in [0.25, 0.3) is 10.2 Å². The lowest BCUT2D eigenvalue weighted by molar-refractivity contribution is -0.146. The van der Waals surface area contributed by atoms with Gasteiger partial charge in [0, 0.05) is 11.4 Å². The molecule has 2 aromatic carbocycles. The van der Waals surface area contributed by atoms with Crippen molar-refractivity contribution >= 4 is 62.5 Å². The average molecular weight is 480 g/mol. The lowest BCUT2D eigenvalue weighted by Gasteiger charge is -2.23. The Morgan fingerprint density at radius 2 is 1.76 bits per heavy atom. The maximum Gasteiger partial charge on any atom is 0.307 e. The number of carboxylic acids is 1. The van der Waals surface area contributed by atoms with Gasteiger partial charge in [-0.25, -0.2) is 4.98 Å². The van der Waals surface area contributed by atoms with Crippen molar-refractivity contribution < 1.29 is 19.5 Å². The molecule has 3 aromatic rings. The number of fused-ring (bicyclic) bond motifs is 3. The fourth-order valence-electron chi connectivity index (χ4n) is 4.63. The predicted octanol–water partition coefficient (Wildman–Crippen LogP) is 4.49. The Labute approximate surface area is 198 Å². The number of thioether (sulfide) groups is 1. The van der Waals surface area contributed by atoms with Crippen LogP contribution in [0.1, 0.15) is 6.42 Å². The first kappa shape index (κ1) is 21.7. The van der Waals surface area contributed by atoms with Gasteiger partial charge in [0.1, 0.15) is 0 Å². The average Bonchev–Trinajstić information content (AvgIpc) is 3.52. The molecule has 5 rings (SSSR count). The van der Waals surface area contributed by atoms with E-state index in [4.69, 9.17) is 0 Å². The Bertz CT molecular complexity index is 1260. The van der Waals surface area contributed by atoms with E-state index in [0.717, 1.165) is 26.7 Å². The van der Waals surface area contributed by atoms with Gasteiger partial charge in [0.2, 0.25) is 11.8 Å². The van der Waals surface area contributed by atoms with Gasteiger partial charge in [-0.05, 0) is 48.6 Å². The van der Waals surface area contributed by atoms with Crippen LogP contribution >= 0.6 is 23.1 Å². The summed E-state index contributed by atoms with van der Waals surface area (Å²) < 4.78 is 1.65. The first-order valence-electron chi connectivity index (χ1n) is 10.6. The monoisotopic (exact) mass is 479 g/mol. The van der Waals surface area contributed by atoms with Crippen molar-refractivity contribution in [3.05, 3.63) is 60.7 Å². The number of aliphatic carboxylic acids is 1. The summed E-state index contributed by atoms with van der Waals surface area (Å²) >= 11 is 2.81. The summed E-state index contributed by atoms with van der Waals surface area (Å²) in [5.74, 6) is -2.34. The number of thiazole rings is 1. The minimum absolute atomic E-state index is 0.0201. The summed E-state index contributed by atoms with van der Waals surface area (Å²) in [6.45, 7) is 0. The Kier molecular flexibility index (Phi) is 5.90. The number of carboxylic acid groups (broad SMARTS) is 1. The van der Waals surface area contributed by atoms with E-state index in [1.807, 2.05) is 54.6 Å². The van der Waals surface area contributed by atoms with Gasteiger partial charge in [-0.3, -0.25) is 14.4 Å². The Morgan fingerprint density at radius 3 is 2.52 bits per heavy atom. The second-order valence-corrected chi connectivity index (χ2v) is 10.4. The van der Waals surface area contributed by atoms with Crippen LogP contribution in [0.4, 0.5) is 11.4 Å². The molecule has 3 N–H and O–H groups in total. The molecule has 7 nitrogen and oxygen atoms in total. The van der Waals surface area contributed by atoms with E-state index in [1.165, 1.54) is 23.1 Å². The molecule has 0 spiro atoms. The van der Waals surface area contributed by atoms with Crippen molar-refractivity contribution in [2.24, 2.45) is 23.7 Å². The van der Waals surface area contributed by atoms with Gasteiger partial charge in [0.05, 0.1) is 27.8 Å². The molecule has 2 aliphatic rings. The molecule has 0 saturated heterocycles. The minimum atomic E-state index is -0.914. The van der Waals surface area contributed by atoms with Gasteiger partial charge in [0.15, 0.2) is 4.34 Å². The quantitative estimate of drug-likeness (QED) is 0.340. The number of benzene rings is 2. The summed E-state index contributed by atoms with van der Waals surface area (Å²) in [6.07, 6.45) is 4.62. The van der Waals surface area contributed by atoms with E-state index in [9.17, 15) is 19.5 Å². The number of carbonyl (C=O) groups is 3. The fraction of sp³-hybridized carbons (Fsp3) is 0.250. The molecule has 1 saturated carbocycles. The van der Waals surface area contributed by atoms with Gasteiger partial charge in [-0.2, -0.15) is 0 Å². The highest BCUT2D eigenvalue weighted by molar-refractivity contribution is 8.01. The van der Waals surface area contributed by atoms with E-state index in [1.54, 1.807) is 6.07 Å². The minimum Gasteiger partial charge on any atom is -0.481 e. The lowest BCUT2D eigenvalue weighted by atomic mass is 9.82. The number of nitrogens with one attached hydrogen (secondary N) is 2. The second-order valence-electron chi connectivity index (χ2n) is 8.19. The van der Waals surface area contributed by atoms with Crippen molar-refractivity contribution in [1.29, 1.82) is 0 Å². The number of anilines is 2. The van der Waals surface area contributed by atoms with Crippen LogP contribution in [0, 0.1) is 23.7 Å². The van der Waals surface area contributed by atoms with E-state index < -0.39 is 17.8 Å². The topological polar surface area (TPSA) is 108 Å². The molecule has 1 fully saturated rings. The SMILES string of the molecule is O=C(CSc1nc2ccc(NC(=O)[C@H]3[C@H](C(=O)O)[C@H]4C=C[C@H]3C4)cc2s1)Nc1ccccc1. The number of para-hydroxylation sites is 1. The van der Waals surface area contributed by atoms with E-state index in [-0.39, 0.29) is 29.4 Å². The Hall–Kier alpha value is -3.17. The molecule has 2 amide bonds. The van der Waals surface area contributed by atoms with Gasteiger partial charge in [0.25, 0.3) is 0 Å². The predicted molar refractivity (Wildman–Crippen MR) is 129 cm³/mol. The highest BCUT2D eigenvalue weighted by Crippen LogP contribution is 2.48. The Balaban J connectivity index is 1.23. The Morgan fingerprint density at radius 1 is 1.00 bits per heavy atom. The summed E-state index contributed by atoms with van der Waals surface area (Å²) in [6, 6.07) is 14.7. The third-order valence-corrected chi connectivity index (χ3v) is 8.23. The highest BCUT2D eigenvalue weighted by Gasteiger charge is 2.51. The zero-order chi connectivity index (χ0) is 22.9. The molecule has 0 aliphatic heterocycles. The molecule has 9 heteroatoms. The summed E-state index contributed by atoms with van der Waals surface area (Å²) in [7, 11) is 0. The van der Waals surface area contributed by atoms with Crippen molar-refractivity contribution in [3.63, 3.8) is 0 Å². The number of rotatable bonds is 7. The van der Waals surface area contributed by atoms with Crippen LogP contribution in [0.3, 0.4) is 0 Å². The van der Waals surface area contributed by atoms with E-state index in [0.29, 0.717) is 5.69 Å². The maximum atomic E-state index is 12.9. The third-order valence-electron chi connectivity index (χ3n) is 6.07. The van der Waals surface area contributed by atoms with Crippen LogP contribution < -0.4 is 10.6 Å². The number of nitrogens with zero attached hydrogens (tertiary/aromatic N) is 1. The smallest absolute Gasteiger partial charge is 0.307 e. The third kappa shape index (κ3) is 4.51. The first-order chi connectivity index (χ1) is 16.0. The molecular weight excluding hydrogens is 458 g/mol. The number of amides is 2. The highest BCUT2D eigenvalue weighted by atomic mass is 32.2. The number of hydrogen-bond donors (Lipinski definition) is 3. The largest absolute Gasteiger partial charge is 0.481 e. The van der Waals surface area contributed by atoms with E-state index >= 15 is 0 Å². The molecule has 2 aliphatic carbocycles. The van der Waals surface area contributed by atoms with Gasteiger partial charge < -0.3 is 15.7 Å². The number of allylic oxidation sites excluding steroid dienone is 2. The number of carbonyl (C=O) groups excluding carboxylic acids is 2. The molecule has 2 bridgehead atoms. The van der Waals surface area contributed by atoms with Crippen LogP contribution in [0.15, 0.2) is 65.0 Å². The molecule has 1 aromatic heterocycles. The van der Waals surface area contributed by atoms with Crippen molar-refractivity contribution in [1.82, 2.24) is 4.98 Å². The van der Waals surface area contributed by atoms with E-state index in [2.05, 4.69) is 15.6 Å². The molecule has 0 unspecified atom stereocenters. The van der Waals surface area contributed by atoms with Gasteiger partial charge in [-0.1, -0.05) is 42.1 Å². The van der Waals surface area contributed by atoms with Gasteiger partial charge >= 0.3 is 5.97 Å². The summed E-state index contributed by atoms with van der Waals surface area (Å²) in [5.41, 5.74) is 2.16. The molecule has 168 valence electrons. The number of hydrogen-bond acceptors (Lipinski definition) is 6. The maximum absolute atomic E-state index is 12.9. The fourth-order valence-corrected chi connectivity index (χ4v) is 6.54. The normalized spacial score (nSPS) is 23.0. The second kappa shape index (κ2) is 8.99. The van der Waals surface area contributed by atoms with Crippen LogP contribution in [0.2, 0.25) is 0 Å². The van der Waals surface area contributed by atoms with Crippen molar-refractivity contribution in [2.75, 3.05) is 16.4 Å². The van der Waals surface area contributed by atoms with Gasteiger partial charge in [-0.15, -0.1) is 11.3 Å². The molecular formula is C24H21N3O4S2. The molecule has 33 heavy (non-hydrogen) atoms. The van der Waals surface area contributed by atoms with Crippen molar-refractivity contribution in [3.8, 4) is 0 Å². The van der Waals surface area contributed by atoms with Crippen molar-refractivity contribution in [2.45, 2.75) is 10.8 Å². The zero-order valence-electron chi connectivity index (χ0n) is 17.4. The molecule has 1 heterocycles. The number of aromatic nitrogens is 1. The first-order valence-corrected chi connectivity index (χ1v) is 12.4. The lowest BCUT2D eigenvalue weighted by Crippen LogP contribution is -2.36.